The van der Waals surface area contributed by atoms with E-state index in [1.807, 2.05) is 0 Å². The lowest BCUT2D eigenvalue weighted by molar-refractivity contribution is -0.137. The van der Waals surface area contributed by atoms with Crippen LogP contribution in [0, 0.1) is 0 Å². The van der Waals surface area contributed by atoms with Crippen LogP contribution in [0.15, 0.2) is 24.3 Å². The minimum atomic E-state index is -4.43. The van der Waals surface area contributed by atoms with E-state index in [4.69, 9.17) is 11.6 Å². The number of alkyl halides is 3. The second kappa shape index (κ2) is 3.86. The summed E-state index contributed by atoms with van der Waals surface area (Å²) in [7, 11) is 0. The molecular weight excluding hydrogens is 217 g/mol. The lowest BCUT2D eigenvalue weighted by atomic mass is 10.1. The molecule has 0 N–H and O–H groups in total. The predicted octanol–water partition coefficient (Wildman–Crippen LogP) is 3.12. The Balaban J connectivity index is 3.21. The van der Waals surface area contributed by atoms with Gasteiger partial charge >= 0.3 is 6.18 Å². The standard InChI is InChI=1S/C9H4ClF3O/c10-8(5-14)6-2-1-3-7(4-6)9(11,12)13/h1-4H. The largest absolute Gasteiger partial charge is 0.416 e. The van der Waals surface area contributed by atoms with Crippen molar-refractivity contribution in [3.8, 4) is 0 Å². The zero-order chi connectivity index (χ0) is 10.8. The van der Waals surface area contributed by atoms with Crippen molar-refractivity contribution < 1.29 is 18.0 Å². The summed E-state index contributed by atoms with van der Waals surface area (Å²) < 4.78 is 36.6. The molecule has 1 aromatic rings. The van der Waals surface area contributed by atoms with Gasteiger partial charge in [-0.15, -0.1) is 0 Å². The van der Waals surface area contributed by atoms with E-state index in [0.717, 1.165) is 12.1 Å². The summed E-state index contributed by atoms with van der Waals surface area (Å²) in [5.74, 6) is 1.32. The van der Waals surface area contributed by atoms with Crippen molar-refractivity contribution in [1.82, 2.24) is 0 Å². The molecule has 0 bridgehead atoms. The maximum atomic E-state index is 12.2. The van der Waals surface area contributed by atoms with Crippen LogP contribution in [0.3, 0.4) is 0 Å². The fourth-order valence-electron chi connectivity index (χ4n) is 0.891. The molecule has 0 unspecified atom stereocenters. The molecule has 1 aromatic carbocycles. The minimum Gasteiger partial charge on any atom is -0.232 e. The number of hydrogen-bond acceptors (Lipinski definition) is 1. The summed E-state index contributed by atoms with van der Waals surface area (Å²) in [5.41, 5.74) is -0.833. The van der Waals surface area contributed by atoms with Gasteiger partial charge in [0.2, 0.25) is 0 Å². The first-order valence-corrected chi connectivity index (χ1v) is 3.91. The summed E-state index contributed by atoms with van der Waals surface area (Å²) in [6.45, 7) is 0. The fraction of sp³-hybridized carbons (Fsp3) is 0.111. The van der Waals surface area contributed by atoms with Gasteiger partial charge in [0.25, 0.3) is 0 Å². The average molecular weight is 221 g/mol. The van der Waals surface area contributed by atoms with Crippen LogP contribution < -0.4 is 0 Å². The highest BCUT2D eigenvalue weighted by Gasteiger charge is 2.30. The van der Waals surface area contributed by atoms with E-state index in [0.29, 0.717) is 0 Å². The van der Waals surface area contributed by atoms with Crippen molar-refractivity contribution in [3.63, 3.8) is 0 Å². The molecule has 0 saturated carbocycles. The van der Waals surface area contributed by atoms with E-state index in [-0.39, 0.29) is 10.6 Å². The molecule has 0 aromatic heterocycles. The van der Waals surface area contributed by atoms with Gasteiger partial charge in [-0.25, -0.2) is 4.79 Å². The van der Waals surface area contributed by atoms with E-state index in [1.54, 1.807) is 0 Å². The van der Waals surface area contributed by atoms with Crippen LogP contribution >= 0.6 is 11.6 Å². The molecule has 0 aliphatic rings. The second-order valence-electron chi connectivity index (χ2n) is 2.49. The molecule has 0 radical (unpaired) electrons. The molecule has 0 heterocycles. The monoisotopic (exact) mass is 220 g/mol. The Morgan fingerprint density at radius 3 is 2.50 bits per heavy atom. The van der Waals surface area contributed by atoms with E-state index in [9.17, 15) is 18.0 Å². The molecule has 0 aliphatic carbocycles. The highest BCUT2D eigenvalue weighted by Crippen LogP contribution is 2.31. The Labute approximate surface area is 82.8 Å². The van der Waals surface area contributed by atoms with Crippen LogP contribution in [0.4, 0.5) is 13.2 Å². The van der Waals surface area contributed by atoms with E-state index in [2.05, 4.69) is 0 Å². The molecule has 0 saturated heterocycles. The van der Waals surface area contributed by atoms with Gasteiger partial charge in [0, 0.05) is 5.56 Å². The smallest absolute Gasteiger partial charge is 0.232 e. The first kappa shape index (κ1) is 10.8. The van der Waals surface area contributed by atoms with Crippen molar-refractivity contribution >= 4 is 22.6 Å². The molecule has 1 rings (SSSR count). The van der Waals surface area contributed by atoms with Crippen molar-refractivity contribution in [3.05, 3.63) is 35.4 Å². The molecule has 14 heavy (non-hydrogen) atoms. The highest BCUT2D eigenvalue weighted by atomic mass is 35.5. The fourth-order valence-corrected chi connectivity index (χ4v) is 1.01. The maximum absolute atomic E-state index is 12.2. The van der Waals surface area contributed by atoms with Gasteiger partial charge in [-0.3, -0.25) is 0 Å². The van der Waals surface area contributed by atoms with Crippen LogP contribution in [0.2, 0.25) is 0 Å². The first-order valence-electron chi connectivity index (χ1n) is 3.53. The van der Waals surface area contributed by atoms with E-state index >= 15 is 0 Å². The van der Waals surface area contributed by atoms with Crippen LogP contribution in [-0.2, 0) is 11.0 Å². The quantitative estimate of drug-likeness (QED) is 0.665. The lowest BCUT2D eigenvalue weighted by Gasteiger charge is -2.06. The van der Waals surface area contributed by atoms with Crippen molar-refractivity contribution in [1.29, 1.82) is 0 Å². The molecule has 0 aliphatic heterocycles. The number of rotatable bonds is 1. The zero-order valence-corrected chi connectivity index (χ0v) is 7.49. The lowest BCUT2D eigenvalue weighted by Crippen LogP contribution is -2.04. The summed E-state index contributed by atoms with van der Waals surface area (Å²) in [6, 6.07) is 4.19. The summed E-state index contributed by atoms with van der Waals surface area (Å²) in [4.78, 5) is 10.1. The molecule has 0 atom stereocenters. The Morgan fingerprint density at radius 2 is 2.00 bits per heavy atom. The van der Waals surface area contributed by atoms with Gasteiger partial charge in [0.1, 0.15) is 11.0 Å². The van der Waals surface area contributed by atoms with Crippen LogP contribution in [0.25, 0.3) is 5.03 Å². The normalized spacial score (nSPS) is 10.9. The van der Waals surface area contributed by atoms with Gasteiger partial charge in [-0.1, -0.05) is 23.7 Å². The van der Waals surface area contributed by atoms with Crippen LogP contribution in [0.1, 0.15) is 11.1 Å². The Kier molecular flexibility index (Phi) is 2.99. The molecular formula is C9H4ClF3O. The third-order valence-corrected chi connectivity index (χ3v) is 1.83. The third-order valence-electron chi connectivity index (χ3n) is 1.53. The number of carbonyl (C=O) groups excluding carboxylic acids is 1. The SMILES string of the molecule is O=C=C(Cl)c1cccc(C(F)(F)F)c1. The van der Waals surface area contributed by atoms with Gasteiger partial charge < -0.3 is 0 Å². The molecule has 0 spiro atoms. The molecule has 74 valence electrons. The van der Waals surface area contributed by atoms with Crippen molar-refractivity contribution in [2.75, 3.05) is 0 Å². The Bertz CT molecular complexity index is 391. The third kappa shape index (κ3) is 2.37. The van der Waals surface area contributed by atoms with Gasteiger partial charge in [0.15, 0.2) is 0 Å². The second-order valence-corrected chi connectivity index (χ2v) is 2.87. The van der Waals surface area contributed by atoms with Crippen LogP contribution in [0.5, 0.6) is 0 Å². The van der Waals surface area contributed by atoms with Gasteiger partial charge in [0.05, 0.1) is 5.56 Å². The Hall–Kier alpha value is -1.25. The highest BCUT2D eigenvalue weighted by molar-refractivity contribution is 6.53. The Morgan fingerprint density at radius 1 is 1.36 bits per heavy atom. The minimum absolute atomic E-state index is 0.0106. The van der Waals surface area contributed by atoms with Gasteiger partial charge in [-0.05, 0) is 12.1 Å². The summed E-state index contributed by atoms with van der Waals surface area (Å²) in [6.07, 6.45) is -4.43. The predicted molar refractivity (Wildman–Crippen MR) is 46.4 cm³/mol. The number of halogens is 4. The summed E-state index contributed by atoms with van der Waals surface area (Å²) in [5, 5.41) is -0.365. The van der Waals surface area contributed by atoms with Crippen LogP contribution in [-0.4, -0.2) is 5.94 Å². The maximum Gasteiger partial charge on any atom is 0.416 e. The van der Waals surface area contributed by atoms with Gasteiger partial charge in [-0.2, -0.15) is 13.2 Å². The van der Waals surface area contributed by atoms with Crippen molar-refractivity contribution in [2.45, 2.75) is 6.18 Å². The number of hydrogen-bond donors (Lipinski definition) is 0. The molecule has 1 nitrogen and oxygen atoms in total. The first-order chi connectivity index (χ1) is 6.45. The average Bonchev–Trinajstić information content (AvgIpc) is 2.15. The van der Waals surface area contributed by atoms with Crippen molar-refractivity contribution in [2.24, 2.45) is 0 Å². The topological polar surface area (TPSA) is 17.1 Å². The van der Waals surface area contributed by atoms with E-state index in [1.165, 1.54) is 18.1 Å². The molecule has 5 heteroatoms. The molecule has 0 fully saturated rings. The number of benzene rings is 1. The van der Waals surface area contributed by atoms with E-state index < -0.39 is 11.7 Å². The zero-order valence-electron chi connectivity index (χ0n) is 6.73. The molecule has 0 amide bonds. The summed E-state index contributed by atoms with van der Waals surface area (Å²) >= 11 is 5.34.